The molecule has 30 heavy (non-hydrogen) atoms. The minimum Gasteiger partial charge on any atom is -0.490 e. The molecule has 0 aliphatic carbocycles. The topological polar surface area (TPSA) is 33.3 Å². The number of rotatable bonds is 13. The van der Waals surface area contributed by atoms with E-state index < -0.39 is 0 Å². The number of benzene rings is 2. The van der Waals surface area contributed by atoms with Crippen molar-refractivity contribution in [2.24, 2.45) is 0 Å². The lowest BCUT2D eigenvalue weighted by Crippen LogP contribution is -2.34. The summed E-state index contributed by atoms with van der Waals surface area (Å²) in [6.07, 6.45) is 13.1. The molecule has 1 aliphatic rings. The number of hydrogen-bond donors (Lipinski definition) is 2. The van der Waals surface area contributed by atoms with E-state index in [0.29, 0.717) is 12.1 Å². The van der Waals surface area contributed by atoms with Crippen LogP contribution in [-0.2, 0) is 0 Å². The Balaban J connectivity index is 1.50. The Morgan fingerprint density at radius 1 is 0.867 bits per heavy atom. The normalized spacial score (nSPS) is 15.6. The van der Waals surface area contributed by atoms with Crippen LogP contribution in [0, 0.1) is 0 Å². The highest BCUT2D eigenvalue weighted by Crippen LogP contribution is 2.27. The van der Waals surface area contributed by atoms with E-state index in [-0.39, 0.29) is 0 Å². The Labute approximate surface area is 183 Å². The lowest BCUT2D eigenvalue weighted by atomic mass is 9.99. The van der Waals surface area contributed by atoms with Gasteiger partial charge in [-0.05, 0) is 62.2 Å². The molecule has 1 unspecified atom stereocenters. The molecule has 1 atom stereocenters. The Bertz CT molecular complexity index is 680. The molecule has 0 bridgehead atoms. The zero-order chi connectivity index (χ0) is 20.9. The summed E-state index contributed by atoms with van der Waals surface area (Å²) in [4.78, 5) is 0. The van der Waals surface area contributed by atoms with Crippen LogP contribution in [0.3, 0.4) is 0 Å². The Morgan fingerprint density at radius 3 is 2.23 bits per heavy atom. The van der Waals surface area contributed by atoms with Gasteiger partial charge in [0.2, 0.25) is 0 Å². The van der Waals surface area contributed by atoms with Crippen LogP contribution in [0.2, 0.25) is 0 Å². The summed E-state index contributed by atoms with van der Waals surface area (Å²) in [6, 6.07) is 19.8. The molecule has 3 nitrogen and oxygen atoms in total. The molecule has 3 heteroatoms. The highest BCUT2D eigenvalue weighted by molar-refractivity contribution is 5.48. The van der Waals surface area contributed by atoms with Gasteiger partial charge in [0, 0.05) is 5.69 Å². The number of ether oxygens (including phenoxy) is 1. The lowest BCUT2D eigenvalue weighted by molar-refractivity contribution is 0.162. The first-order valence-electron chi connectivity index (χ1n) is 12.1. The fraction of sp³-hybridized carbons (Fsp3) is 0.556. The van der Waals surface area contributed by atoms with Gasteiger partial charge in [-0.15, -0.1) is 0 Å². The van der Waals surface area contributed by atoms with E-state index in [1.165, 1.54) is 62.6 Å². The van der Waals surface area contributed by atoms with Crippen LogP contribution in [-0.4, -0.2) is 19.2 Å². The first-order chi connectivity index (χ1) is 14.8. The summed E-state index contributed by atoms with van der Waals surface area (Å²) in [5.41, 5.74) is 2.54. The maximum absolute atomic E-state index is 6.15. The van der Waals surface area contributed by atoms with Crippen LogP contribution >= 0.6 is 0 Å². The largest absolute Gasteiger partial charge is 0.490 e. The Kier molecular flexibility index (Phi) is 10.1. The second kappa shape index (κ2) is 13.3. The monoisotopic (exact) mass is 408 g/mol. The molecular weight excluding hydrogens is 368 g/mol. The zero-order valence-corrected chi connectivity index (χ0v) is 18.7. The molecule has 0 radical (unpaired) electrons. The van der Waals surface area contributed by atoms with Gasteiger partial charge in [0.05, 0.1) is 6.04 Å². The van der Waals surface area contributed by atoms with Gasteiger partial charge >= 0.3 is 0 Å². The van der Waals surface area contributed by atoms with Crippen molar-refractivity contribution in [2.75, 3.05) is 18.4 Å². The molecule has 1 aliphatic heterocycles. The second-order valence-electron chi connectivity index (χ2n) is 8.61. The molecule has 2 N–H and O–H groups in total. The summed E-state index contributed by atoms with van der Waals surface area (Å²) in [7, 11) is 0. The van der Waals surface area contributed by atoms with Crippen LogP contribution in [0.25, 0.3) is 0 Å². The standard InChI is InChI=1S/C27H40N2O/c1-2-3-4-5-6-7-11-14-27(23-12-9-8-10-13-23)29-24-15-17-25(18-16-24)30-26-19-21-28-22-20-26/h8-10,12-13,15-18,26-29H,2-7,11,14,19-22H2,1H3. The van der Waals surface area contributed by atoms with Crippen molar-refractivity contribution in [2.45, 2.75) is 83.3 Å². The van der Waals surface area contributed by atoms with Gasteiger partial charge in [-0.1, -0.05) is 82.2 Å². The van der Waals surface area contributed by atoms with Gasteiger partial charge in [0.25, 0.3) is 0 Å². The smallest absolute Gasteiger partial charge is 0.119 e. The number of hydrogen-bond acceptors (Lipinski definition) is 3. The van der Waals surface area contributed by atoms with Gasteiger partial charge in [-0.2, -0.15) is 0 Å². The number of piperidine rings is 1. The molecule has 0 spiro atoms. The van der Waals surface area contributed by atoms with E-state index in [9.17, 15) is 0 Å². The molecule has 0 saturated carbocycles. The molecule has 1 fully saturated rings. The maximum Gasteiger partial charge on any atom is 0.119 e. The first kappa shape index (κ1) is 22.7. The molecular formula is C27H40N2O. The third-order valence-electron chi connectivity index (χ3n) is 6.08. The van der Waals surface area contributed by atoms with Crippen molar-refractivity contribution in [3.05, 3.63) is 60.2 Å². The van der Waals surface area contributed by atoms with E-state index >= 15 is 0 Å². The quantitative estimate of drug-likeness (QED) is 0.346. The molecule has 2 aromatic carbocycles. The lowest BCUT2D eigenvalue weighted by Gasteiger charge is -2.24. The van der Waals surface area contributed by atoms with Crippen molar-refractivity contribution < 1.29 is 4.74 Å². The van der Waals surface area contributed by atoms with Crippen LogP contribution < -0.4 is 15.4 Å². The molecule has 3 rings (SSSR count). The first-order valence-corrected chi connectivity index (χ1v) is 12.1. The number of unbranched alkanes of at least 4 members (excludes halogenated alkanes) is 6. The number of nitrogens with one attached hydrogen (secondary N) is 2. The van der Waals surface area contributed by atoms with E-state index in [0.717, 1.165) is 31.7 Å². The van der Waals surface area contributed by atoms with E-state index in [4.69, 9.17) is 4.74 Å². The summed E-state index contributed by atoms with van der Waals surface area (Å²) < 4.78 is 6.15. The second-order valence-corrected chi connectivity index (χ2v) is 8.61. The third kappa shape index (κ3) is 8.02. The van der Waals surface area contributed by atoms with Crippen molar-refractivity contribution in [3.63, 3.8) is 0 Å². The van der Waals surface area contributed by atoms with Crippen molar-refractivity contribution in [1.29, 1.82) is 0 Å². The van der Waals surface area contributed by atoms with Crippen LogP contribution in [0.1, 0.15) is 82.7 Å². The molecule has 0 aromatic heterocycles. The average molecular weight is 409 g/mol. The highest BCUT2D eigenvalue weighted by Gasteiger charge is 2.15. The minimum atomic E-state index is 0.347. The fourth-order valence-corrected chi connectivity index (χ4v) is 4.25. The summed E-state index contributed by atoms with van der Waals surface area (Å²) in [5.74, 6) is 0.982. The molecule has 164 valence electrons. The van der Waals surface area contributed by atoms with Crippen LogP contribution in [0.15, 0.2) is 54.6 Å². The summed E-state index contributed by atoms with van der Waals surface area (Å²) in [6.45, 7) is 4.39. The van der Waals surface area contributed by atoms with E-state index in [2.05, 4.69) is 72.2 Å². The maximum atomic E-state index is 6.15. The van der Waals surface area contributed by atoms with Crippen LogP contribution in [0.4, 0.5) is 5.69 Å². The third-order valence-corrected chi connectivity index (χ3v) is 6.08. The Hall–Kier alpha value is -2.00. The van der Waals surface area contributed by atoms with Gasteiger partial charge in [0.1, 0.15) is 11.9 Å². The van der Waals surface area contributed by atoms with Crippen molar-refractivity contribution >= 4 is 5.69 Å². The van der Waals surface area contributed by atoms with Gasteiger partial charge in [0.15, 0.2) is 0 Å². The minimum absolute atomic E-state index is 0.347. The average Bonchev–Trinajstić information content (AvgIpc) is 2.80. The SMILES string of the molecule is CCCCCCCCCC(Nc1ccc(OC2CCNCC2)cc1)c1ccccc1. The summed E-state index contributed by atoms with van der Waals surface area (Å²) in [5, 5.41) is 7.16. The molecule has 2 aromatic rings. The highest BCUT2D eigenvalue weighted by atomic mass is 16.5. The van der Waals surface area contributed by atoms with E-state index in [1.54, 1.807) is 0 Å². The van der Waals surface area contributed by atoms with Crippen molar-refractivity contribution in [1.82, 2.24) is 5.32 Å². The predicted molar refractivity (Wildman–Crippen MR) is 128 cm³/mol. The van der Waals surface area contributed by atoms with E-state index in [1.807, 2.05) is 0 Å². The van der Waals surface area contributed by atoms with Gasteiger partial charge < -0.3 is 15.4 Å². The van der Waals surface area contributed by atoms with Gasteiger partial charge in [-0.25, -0.2) is 0 Å². The Morgan fingerprint density at radius 2 is 1.53 bits per heavy atom. The molecule has 1 saturated heterocycles. The van der Waals surface area contributed by atoms with Gasteiger partial charge in [-0.3, -0.25) is 0 Å². The predicted octanol–water partition coefficient (Wildman–Crippen LogP) is 7.11. The summed E-state index contributed by atoms with van der Waals surface area (Å²) >= 11 is 0. The van der Waals surface area contributed by atoms with Crippen molar-refractivity contribution in [3.8, 4) is 5.75 Å². The molecule has 1 heterocycles. The fourth-order valence-electron chi connectivity index (χ4n) is 4.25. The number of anilines is 1. The zero-order valence-electron chi connectivity index (χ0n) is 18.7. The molecule has 0 amide bonds. The van der Waals surface area contributed by atoms with Crippen LogP contribution in [0.5, 0.6) is 5.75 Å².